The zero-order valence-corrected chi connectivity index (χ0v) is 28.4. The van der Waals surface area contributed by atoms with Crippen molar-refractivity contribution in [3.63, 3.8) is 0 Å². The summed E-state index contributed by atoms with van der Waals surface area (Å²) in [5.41, 5.74) is 11.8. The molecular formula is C48H34N4. The van der Waals surface area contributed by atoms with Gasteiger partial charge in [-0.15, -0.1) is 0 Å². The van der Waals surface area contributed by atoms with Crippen LogP contribution in [0.2, 0.25) is 0 Å². The Morgan fingerprint density at radius 1 is 0.404 bits per heavy atom. The maximum absolute atomic E-state index is 5.22. The van der Waals surface area contributed by atoms with Gasteiger partial charge in [0, 0.05) is 27.8 Å². The topological polar surface area (TPSA) is 49.6 Å². The van der Waals surface area contributed by atoms with Crippen LogP contribution in [0, 0.1) is 0 Å². The van der Waals surface area contributed by atoms with Gasteiger partial charge in [-0.2, -0.15) is 0 Å². The number of pyridine rings is 1. The maximum Gasteiger partial charge on any atom is 0.159 e. The van der Waals surface area contributed by atoms with Crippen LogP contribution in [-0.4, -0.2) is 16.7 Å². The van der Waals surface area contributed by atoms with E-state index in [1.165, 1.54) is 5.39 Å². The molecule has 9 rings (SSSR count). The molecule has 1 atom stereocenters. The first-order valence-electron chi connectivity index (χ1n) is 17.6. The van der Waals surface area contributed by atoms with Gasteiger partial charge in [-0.05, 0) is 45.2 Å². The van der Waals surface area contributed by atoms with Crippen LogP contribution >= 0.6 is 0 Å². The Balaban J connectivity index is 1.13. The standard InChI is InChI=1S/C48H34N4/c1-5-15-35(16-6-1)43-31-40(32-44(49-43)36-17-7-2-8-18-36)33-27-29-34(30-28-33)41-25-13-23-37-24-14-26-42(45(37)41)48-51-46(38-19-9-3-10-20-38)50-47(52-48)39-21-11-4-12-22-39/h1-32,48H,(H,50,51,52). The van der Waals surface area contributed by atoms with Gasteiger partial charge in [-0.3, -0.25) is 0 Å². The van der Waals surface area contributed by atoms with E-state index in [0.717, 1.165) is 72.7 Å². The highest BCUT2D eigenvalue weighted by Crippen LogP contribution is 2.37. The fraction of sp³-hybridized carbons (Fsp3) is 0.0208. The van der Waals surface area contributed by atoms with Crippen LogP contribution < -0.4 is 5.32 Å². The SMILES string of the molecule is c1ccc(C2=NC(c3cccc4cccc(-c5ccc(-c6cc(-c7ccccc7)nc(-c7ccccc7)c6)cc5)c34)NC(c3ccccc3)=N2)cc1. The van der Waals surface area contributed by atoms with Gasteiger partial charge in [0.1, 0.15) is 12.0 Å². The first-order chi connectivity index (χ1) is 25.8. The molecule has 7 aromatic carbocycles. The third kappa shape index (κ3) is 6.19. The molecule has 1 aliphatic heterocycles. The molecule has 1 aliphatic rings. The van der Waals surface area contributed by atoms with Crippen molar-refractivity contribution in [1.82, 2.24) is 10.3 Å². The van der Waals surface area contributed by atoms with E-state index in [1.807, 2.05) is 48.5 Å². The van der Waals surface area contributed by atoms with E-state index in [2.05, 4.69) is 151 Å². The summed E-state index contributed by atoms with van der Waals surface area (Å²) in [7, 11) is 0. The first-order valence-corrected chi connectivity index (χ1v) is 17.6. The lowest BCUT2D eigenvalue weighted by Crippen LogP contribution is -2.33. The highest BCUT2D eigenvalue weighted by atomic mass is 15.2. The Kier molecular flexibility index (Phi) is 8.24. The average molecular weight is 667 g/mol. The van der Waals surface area contributed by atoms with Crippen LogP contribution in [0.4, 0.5) is 0 Å². The van der Waals surface area contributed by atoms with E-state index in [1.54, 1.807) is 0 Å². The summed E-state index contributed by atoms with van der Waals surface area (Å²) >= 11 is 0. The number of benzene rings is 7. The Bertz CT molecular complexity index is 2500. The minimum absolute atomic E-state index is 0.336. The lowest BCUT2D eigenvalue weighted by Gasteiger charge is -2.25. The number of hydrogen-bond donors (Lipinski definition) is 1. The van der Waals surface area contributed by atoms with Crippen LogP contribution in [0.3, 0.4) is 0 Å². The van der Waals surface area contributed by atoms with Gasteiger partial charge in [0.2, 0.25) is 0 Å². The lowest BCUT2D eigenvalue weighted by atomic mass is 9.92. The zero-order chi connectivity index (χ0) is 34.7. The van der Waals surface area contributed by atoms with Crippen molar-refractivity contribution in [2.24, 2.45) is 9.98 Å². The van der Waals surface area contributed by atoms with Crippen LogP contribution in [0.25, 0.3) is 55.5 Å². The molecule has 246 valence electrons. The fourth-order valence-corrected chi connectivity index (χ4v) is 6.96. The van der Waals surface area contributed by atoms with E-state index in [0.29, 0.717) is 5.84 Å². The number of aliphatic imine (C=N–C) groups is 2. The highest BCUT2D eigenvalue weighted by molar-refractivity contribution is 6.13. The lowest BCUT2D eigenvalue weighted by molar-refractivity contribution is 0.680. The number of amidine groups is 2. The largest absolute Gasteiger partial charge is 0.344 e. The van der Waals surface area contributed by atoms with Crippen LogP contribution in [0.5, 0.6) is 0 Å². The molecule has 0 saturated heterocycles. The summed E-state index contributed by atoms with van der Waals surface area (Å²) in [5.74, 6) is 1.52. The van der Waals surface area contributed by atoms with Crippen LogP contribution in [-0.2, 0) is 0 Å². The summed E-state index contributed by atoms with van der Waals surface area (Å²) in [6, 6.07) is 67.6. The number of nitrogens with zero attached hydrogens (tertiary/aromatic N) is 3. The molecule has 8 aromatic rings. The molecule has 52 heavy (non-hydrogen) atoms. The summed E-state index contributed by atoms with van der Waals surface area (Å²) in [5, 5.41) is 6.01. The van der Waals surface area contributed by atoms with Crippen molar-refractivity contribution < 1.29 is 0 Å². The Morgan fingerprint density at radius 3 is 1.52 bits per heavy atom. The zero-order valence-electron chi connectivity index (χ0n) is 28.4. The number of nitrogens with one attached hydrogen (secondary N) is 1. The van der Waals surface area contributed by atoms with Crippen molar-refractivity contribution in [3.05, 3.63) is 211 Å². The van der Waals surface area contributed by atoms with Crippen molar-refractivity contribution in [2.75, 3.05) is 0 Å². The smallest absolute Gasteiger partial charge is 0.159 e. The average Bonchev–Trinajstić information content (AvgIpc) is 3.24. The van der Waals surface area contributed by atoms with Gasteiger partial charge in [-0.1, -0.05) is 182 Å². The highest BCUT2D eigenvalue weighted by Gasteiger charge is 2.23. The van der Waals surface area contributed by atoms with Crippen LogP contribution in [0.1, 0.15) is 22.9 Å². The van der Waals surface area contributed by atoms with Crippen molar-refractivity contribution in [1.29, 1.82) is 0 Å². The molecule has 0 saturated carbocycles. The molecule has 4 nitrogen and oxygen atoms in total. The molecule has 1 N–H and O–H groups in total. The Hall–Kier alpha value is -6.91. The van der Waals surface area contributed by atoms with E-state index in [9.17, 15) is 0 Å². The van der Waals surface area contributed by atoms with Crippen molar-refractivity contribution in [3.8, 4) is 44.8 Å². The normalized spacial score (nSPS) is 14.0. The number of fused-ring (bicyclic) bond motifs is 1. The van der Waals surface area contributed by atoms with Crippen LogP contribution in [0.15, 0.2) is 204 Å². The van der Waals surface area contributed by atoms with E-state index < -0.39 is 0 Å². The Labute approximate surface area is 303 Å². The third-order valence-electron chi connectivity index (χ3n) is 9.55. The molecule has 1 unspecified atom stereocenters. The van der Waals surface area contributed by atoms with E-state index in [-0.39, 0.29) is 6.17 Å². The molecule has 0 radical (unpaired) electrons. The van der Waals surface area contributed by atoms with Gasteiger partial charge in [-0.25, -0.2) is 15.0 Å². The van der Waals surface area contributed by atoms with Crippen molar-refractivity contribution >= 4 is 22.4 Å². The number of aromatic nitrogens is 1. The number of hydrogen-bond acceptors (Lipinski definition) is 4. The Morgan fingerprint density at radius 2 is 0.923 bits per heavy atom. The molecule has 2 heterocycles. The summed E-state index contributed by atoms with van der Waals surface area (Å²) in [6.45, 7) is 0. The molecule has 4 heteroatoms. The second-order valence-corrected chi connectivity index (χ2v) is 12.9. The van der Waals surface area contributed by atoms with Gasteiger partial charge < -0.3 is 5.32 Å². The maximum atomic E-state index is 5.22. The van der Waals surface area contributed by atoms with E-state index in [4.69, 9.17) is 15.0 Å². The summed E-state index contributed by atoms with van der Waals surface area (Å²) < 4.78 is 0. The fourth-order valence-electron chi connectivity index (χ4n) is 6.96. The second-order valence-electron chi connectivity index (χ2n) is 12.9. The monoisotopic (exact) mass is 666 g/mol. The molecule has 0 bridgehead atoms. The minimum Gasteiger partial charge on any atom is -0.344 e. The summed E-state index contributed by atoms with van der Waals surface area (Å²) in [6.07, 6.45) is -0.336. The summed E-state index contributed by atoms with van der Waals surface area (Å²) in [4.78, 5) is 15.3. The number of rotatable bonds is 7. The quantitative estimate of drug-likeness (QED) is 0.184. The van der Waals surface area contributed by atoms with E-state index >= 15 is 0 Å². The van der Waals surface area contributed by atoms with Crippen molar-refractivity contribution in [2.45, 2.75) is 6.17 Å². The third-order valence-corrected chi connectivity index (χ3v) is 9.55. The minimum atomic E-state index is -0.336. The van der Waals surface area contributed by atoms with Gasteiger partial charge in [0.25, 0.3) is 0 Å². The second kappa shape index (κ2) is 13.8. The van der Waals surface area contributed by atoms with Gasteiger partial charge >= 0.3 is 0 Å². The molecule has 0 spiro atoms. The predicted octanol–water partition coefficient (Wildman–Crippen LogP) is 11.4. The molecule has 0 aliphatic carbocycles. The molecule has 0 amide bonds. The molecule has 0 fully saturated rings. The van der Waals surface area contributed by atoms with Gasteiger partial charge in [0.15, 0.2) is 5.84 Å². The predicted molar refractivity (Wildman–Crippen MR) is 215 cm³/mol. The first kappa shape index (κ1) is 31.1. The molecular weight excluding hydrogens is 633 g/mol. The van der Waals surface area contributed by atoms with Gasteiger partial charge in [0.05, 0.1) is 11.4 Å². The molecule has 1 aromatic heterocycles.